The summed E-state index contributed by atoms with van der Waals surface area (Å²) in [6.07, 6.45) is 3.47. The molecule has 0 spiro atoms. The largest absolute Gasteiger partial charge is 0.481 e. The van der Waals surface area contributed by atoms with Gasteiger partial charge in [-0.2, -0.15) is 9.61 Å². The van der Waals surface area contributed by atoms with Crippen molar-refractivity contribution in [2.24, 2.45) is 0 Å². The molecule has 0 unspecified atom stereocenters. The van der Waals surface area contributed by atoms with Crippen molar-refractivity contribution in [2.75, 3.05) is 19.1 Å². The van der Waals surface area contributed by atoms with Gasteiger partial charge in [0.15, 0.2) is 5.65 Å². The van der Waals surface area contributed by atoms with Crippen LogP contribution in [0, 0.1) is 0 Å². The fraction of sp³-hybridized carbons (Fsp3) is 0.458. The minimum Gasteiger partial charge on any atom is -0.481 e. The first-order chi connectivity index (χ1) is 16.6. The average Bonchev–Trinajstić information content (AvgIpc) is 3.20. The lowest BCUT2D eigenvalue weighted by Gasteiger charge is -2.31. The van der Waals surface area contributed by atoms with E-state index in [4.69, 9.17) is 14.5 Å². The Balaban J connectivity index is 1.75. The summed E-state index contributed by atoms with van der Waals surface area (Å²) in [6.45, 7) is 5.36. The third-order valence-corrected chi connectivity index (χ3v) is 5.62. The number of amides is 2. The van der Waals surface area contributed by atoms with Crippen molar-refractivity contribution in [1.82, 2.24) is 24.9 Å². The van der Waals surface area contributed by atoms with Crippen molar-refractivity contribution in [2.45, 2.75) is 57.8 Å². The first-order valence-corrected chi connectivity index (χ1v) is 11.4. The molecule has 1 aliphatic rings. The third kappa shape index (κ3) is 5.35. The van der Waals surface area contributed by atoms with Gasteiger partial charge in [0.1, 0.15) is 17.0 Å². The number of fused-ring (bicyclic) bond motifs is 1. The third-order valence-electron chi connectivity index (χ3n) is 5.62. The molecule has 0 saturated heterocycles. The van der Waals surface area contributed by atoms with E-state index in [0.717, 1.165) is 5.56 Å². The van der Waals surface area contributed by atoms with Gasteiger partial charge in [-0.05, 0) is 39.7 Å². The quantitative estimate of drug-likeness (QED) is 0.547. The van der Waals surface area contributed by atoms with Crippen LogP contribution in [0.15, 0.2) is 30.6 Å². The number of carbonyl (C=O) groups is 2. The maximum absolute atomic E-state index is 13.0. The van der Waals surface area contributed by atoms with Crippen LogP contribution in [-0.2, 0) is 11.2 Å². The second kappa shape index (κ2) is 9.49. The molecule has 0 bridgehead atoms. The molecule has 0 aromatic carbocycles. The molecule has 1 saturated carbocycles. The fourth-order valence-electron chi connectivity index (χ4n) is 3.82. The number of carbonyl (C=O) groups excluding carboxylic acids is 2. The molecule has 0 atom stereocenters. The highest BCUT2D eigenvalue weighted by molar-refractivity contribution is 6.00. The number of nitrogens with zero attached hydrogens (tertiary/aromatic N) is 5. The van der Waals surface area contributed by atoms with Crippen LogP contribution in [0.5, 0.6) is 5.88 Å². The molecule has 186 valence electrons. The van der Waals surface area contributed by atoms with E-state index in [-0.39, 0.29) is 17.5 Å². The van der Waals surface area contributed by atoms with Gasteiger partial charge in [0.2, 0.25) is 5.88 Å². The van der Waals surface area contributed by atoms with Crippen LogP contribution in [-0.4, -0.2) is 68.6 Å². The van der Waals surface area contributed by atoms with E-state index >= 15 is 0 Å². The van der Waals surface area contributed by atoms with Crippen molar-refractivity contribution in [1.29, 1.82) is 0 Å². The predicted molar refractivity (Wildman–Crippen MR) is 128 cm³/mol. The second-order valence-electron chi connectivity index (χ2n) is 9.58. The van der Waals surface area contributed by atoms with E-state index in [1.54, 1.807) is 53.3 Å². The lowest BCUT2D eigenvalue weighted by molar-refractivity contribution is 0.0560. The number of anilines is 1. The van der Waals surface area contributed by atoms with E-state index < -0.39 is 17.8 Å². The average molecular weight is 483 g/mol. The fourth-order valence-corrected chi connectivity index (χ4v) is 3.82. The maximum atomic E-state index is 13.0. The Labute approximate surface area is 203 Å². The number of pyridine rings is 1. The molecule has 4 rings (SSSR count). The van der Waals surface area contributed by atoms with Crippen LogP contribution >= 0.6 is 0 Å². The molecule has 35 heavy (non-hydrogen) atoms. The lowest BCUT2D eigenvalue weighted by atomic mass is 9.89. The Bertz CT molecular complexity index is 1240. The van der Waals surface area contributed by atoms with Gasteiger partial charge in [0.05, 0.1) is 25.1 Å². The number of hydrogen-bond donors (Lipinski definition) is 2. The van der Waals surface area contributed by atoms with Crippen LogP contribution in [0.3, 0.4) is 0 Å². The minimum atomic E-state index is -0.689. The monoisotopic (exact) mass is 482 g/mol. The van der Waals surface area contributed by atoms with Gasteiger partial charge in [-0.25, -0.2) is 14.8 Å². The number of aromatic nitrogens is 4. The number of hydrogen-bond acceptors (Lipinski definition) is 8. The summed E-state index contributed by atoms with van der Waals surface area (Å²) in [5, 5.41) is 16.8. The standard InChI is InChI=1S/C24H30N6O5/c1-24(2,3)35-23(33)29(4)19-12-15(9-14-7-6-8-25-22(14)34-5)27-20-18(13-26-30(19)20)21(32)28-16-10-17(31)11-16/h6-8,12-13,16-17,31H,9-11H2,1-5H3,(H,28,32). The Morgan fingerprint density at radius 2 is 2.06 bits per heavy atom. The molecule has 3 heterocycles. The summed E-state index contributed by atoms with van der Waals surface area (Å²) < 4.78 is 12.3. The van der Waals surface area contributed by atoms with E-state index in [1.165, 1.54) is 15.6 Å². The zero-order valence-electron chi connectivity index (χ0n) is 20.5. The summed E-state index contributed by atoms with van der Waals surface area (Å²) in [5.74, 6) is 0.512. The topological polar surface area (TPSA) is 131 Å². The molecular formula is C24H30N6O5. The number of methoxy groups -OCH3 is 1. The second-order valence-corrected chi connectivity index (χ2v) is 9.58. The molecule has 3 aromatic rings. The molecular weight excluding hydrogens is 452 g/mol. The Kier molecular flexibility index (Phi) is 6.62. The Morgan fingerprint density at radius 1 is 1.31 bits per heavy atom. The first-order valence-electron chi connectivity index (χ1n) is 11.4. The molecule has 2 N–H and O–H groups in total. The van der Waals surface area contributed by atoms with Crippen LogP contribution in [0.25, 0.3) is 5.65 Å². The predicted octanol–water partition coefficient (Wildman–Crippen LogP) is 2.35. The van der Waals surface area contributed by atoms with Crippen molar-refractivity contribution in [3.63, 3.8) is 0 Å². The number of ether oxygens (including phenoxy) is 2. The summed E-state index contributed by atoms with van der Waals surface area (Å²) in [7, 11) is 3.12. The van der Waals surface area contributed by atoms with Gasteiger partial charge in [-0.15, -0.1) is 0 Å². The van der Waals surface area contributed by atoms with E-state index in [2.05, 4.69) is 15.4 Å². The number of rotatable bonds is 6. The summed E-state index contributed by atoms with van der Waals surface area (Å²) in [6, 6.07) is 5.30. The van der Waals surface area contributed by atoms with Gasteiger partial charge in [0, 0.05) is 37.3 Å². The van der Waals surface area contributed by atoms with E-state index in [1.807, 2.05) is 6.07 Å². The molecule has 1 fully saturated rings. The summed E-state index contributed by atoms with van der Waals surface area (Å²) in [5.41, 5.74) is 1.26. The smallest absolute Gasteiger partial charge is 0.415 e. The highest BCUT2D eigenvalue weighted by Crippen LogP contribution is 2.25. The van der Waals surface area contributed by atoms with Crippen LogP contribution in [0.1, 0.15) is 55.2 Å². The van der Waals surface area contributed by atoms with Crippen LogP contribution in [0.4, 0.5) is 10.6 Å². The summed E-state index contributed by atoms with van der Waals surface area (Å²) >= 11 is 0. The van der Waals surface area contributed by atoms with Crippen LogP contribution < -0.4 is 15.0 Å². The van der Waals surface area contributed by atoms with Gasteiger partial charge in [0.25, 0.3) is 5.91 Å². The lowest BCUT2D eigenvalue weighted by Crippen LogP contribution is -2.46. The van der Waals surface area contributed by atoms with Crippen molar-refractivity contribution < 1.29 is 24.2 Å². The number of aliphatic hydroxyl groups is 1. The number of nitrogens with one attached hydrogen (secondary N) is 1. The van der Waals surface area contributed by atoms with Crippen LogP contribution in [0.2, 0.25) is 0 Å². The van der Waals surface area contributed by atoms with Gasteiger partial charge < -0.3 is 19.9 Å². The minimum absolute atomic E-state index is 0.0980. The molecule has 2 amide bonds. The molecule has 11 nitrogen and oxygen atoms in total. The maximum Gasteiger partial charge on any atom is 0.415 e. The zero-order valence-corrected chi connectivity index (χ0v) is 20.5. The number of aliphatic hydroxyl groups excluding tert-OH is 1. The Hall–Kier alpha value is -3.73. The first kappa shape index (κ1) is 24.4. The molecule has 11 heteroatoms. The molecule has 3 aromatic heterocycles. The van der Waals surface area contributed by atoms with Crippen molar-refractivity contribution in [3.05, 3.63) is 47.4 Å². The summed E-state index contributed by atoms with van der Waals surface area (Å²) in [4.78, 5) is 36.1. The molecule has 1 aliphatic carbocycles. The van der Waals surface area contributed by atoms with Crippen molar-refractivity contribution in [3.8, 4) is 5.88 Å². The van der Waals surface area contributed by atoms with E-state index in [9.17, 15) is 14.7 Å². The van der Waals surface area contributed by atoms with Gasteiger partial charge in [-0.3, -0.25) is 9.69 Å². The van der Waals surface area contributed by atoms with Crippen molar-refractivity contribution >= 4 is 23.5 Å². The Morgan fingerprint density at radius 3 is 2.71 bits per heavy atom. The zero-order chi connectivity index (χ0) is 25.3. The SMILES string of the molecule is COc1ncccc1Cc1cc(N(C)C(=O)OC(C)(C)C)n2ncc(C(=O)NC3CC(O)C3)c2n1. The highest BCUT2D eigenvalue weighted by Gasteiger charge is 2.30. The van der Waals surface area contributed by atoms with Gasteiger partial charge in [-0.1, -0.05) is 6.07 Å². The van der Waals surface area contributed by atoms with E-state index in [0.29, 0.717) is 42.3 Å². The molecule has 0 aliphatic heterocycles. The molecule has 0 radical (unpaired) electrons. The highest BCUT2D eigenvalue weighted by atomic mass is 16.6. The normalized spacial score (nSPS) is 17.5. The van der Waals surface area contributed by atoms with Gasteiger partial charge >= 0.3 is 6.09 Å².